The molecule has 0 aliphatic heterocycles. The van der Waals surface area contributed by atoms with Crippen molar-refractivity contribution in [2.24, 2.45) is 7.05 Å². The van der Waals surface area contributed by atoms with Gasteiger partial charge in [0.15, 0.2) is 0 Å². The number of likely N-dealkylation sites (N-methyl/N-ethyl adjacent to an activating group) is 1. The zero-order valence-corrected chi connectivity index (χ0v) is 15.5. The second-order valence-electron chi connectivity index (χ2n) is 6.37. The fraction of sp³-hybridized carbons (Fsp3) is 0.286. The molecule has 3 aromatic rings. The number of rotatable bonds is 6. The summed E-state index contributed by atoms with van der Waals surface area (Å²) in [5, 5.41) is 0. The first-order chi connectivity index (χ1) is 12.6. The van der Waals surface area contributed by atoms with Crippen LogP contribution in [0.1, 0.15) is 35.5 Å². The minimum atomic E-state index is -0.259. The fourth-order valence-corrected chi connectivity index (χ4v) is 3.22. The van der Waals surface area contributed by atoms with Gasteiger partial charge in [0.2, 0.25) is 5.91 Å². The van der Waals surface area contributed by atoms with Gasteiger partial charge in [0.1, 0.15) is 11.9 Å². The van der Waals surface area contributed by atoms with E-state index in [4.69, 9.17) is 0 Å². The average Bonchev–Trinajstić information content (AvgIpc) is 3.07. The first kappa shape index (κ1) is 17.9. The van der Waals surface area contributed by atoms with Crippen LogP contribution in [0.2, 0.25) is 0 Å². The minimum Gasteiger partial charge on any atom is -0.336 e. The molecule has 1 atom stereocenters. The van der Waals surface area contributed by atoms with Crippen LogP contribution in [0.5, 0.6) is 0 Å². The summed E-state index contributed by atoms with van der Waals surface area (Å²) >= 11 is 0. The number of amides is 1. The highest BCUT2D eigenvalue weighted by Gasteiger charge is 2.28. The van der Waals surface area contributed by atoms with Crippen LogP contribution in [0.4, 0.5) is 0 Å². The van der Waals surface area contributed by atoms with E-state index in [0.717, 1.165) is 22.5 Å². The zero-order valence-electron chi connectivity index (χ0n) is 15.5. The van der Waals surface area contributed by atoms with E-state index in [1.165, 1.54) is 0 Å². The van der Waals surface area contributed by atoms with Crippen molar-refractivity contribution in [2.75, 3.05) is 6.54 Å². The van der Waals surface area contributed by atoms with E-state index in [2.05, 4.69) is 9.97 Å². The Labute approximate surface area is 154 Å². The third-order valence-corrected chi connectivity index (χ3v) is 4.68. The van der Waals surface area contributed by atoms with Gasteiger partial charge in [-0.2, -0.15) is 0 Å². The van der Waals surface area contributed by atoms with Gasteiger partial charge in [-0.1, -0.05) is 30.3 Å². The normalized spacial score (nSPS) is 12.0. The summed E-state index contributed by atoms with van der Waals surface area (Å²) < 4.78 is 1.96. The summed E-state index contributed by atoms with van der Waals surface area (Å²) in [6.07, 6.45) is 7.59. The van der Waals surface area contributed by atoms with Gasteiger partial charge in [-0.3, -0.25) is 9.78 Å². The number of nitrogens with zero attached hydrogens (tertiary/aromatic N) is 4. The quantitative estimate of drug-likeness (QED) is 0.687. The van der Waals surface area contributed by atoms with Crippen LogP contribution >= 0.6 is 0 Å². The lowest BCUT2D eigenvalue weighted by atomic mass is 10.0. The molecular weight excluding hydrogens is 324 g/mol. The second kappa shape index (κ2) is 7.95. The van der Waals surface area contributed by atoms with Gasteiger partial charge in [0.05, 0.1) is 6.42 Å². The number of hydrogen-bond acceptors (Lipinski definition) is 3. The van der Waals surface area contributed by atoms with E-state index in [1.807, 2.05) is 79.2 Å². The van der Waals surface area contributed by atoms with Crippen molar-refractivity contribution >= 4 is 5.91 Å². The molecular formula is C21H24N4O. The smallest absolute Gasteiger partial charge is 0.227 e. The Morgan fingerprint density at radius 1 is 1.19 bits per heavy atom. The molecule has 0 fully saturated rings. The summed E-state index contributed by atoms with van der Waals surface area (Å²) in [5.74, 6) is 0.914. The SMILES string of the molecule is CCN(C(=O)Cc1ccccc1C)[C@@H](c1cccnc1)c1nccn1C. The Hall–Kier alpha value is -2.95. The molecule has 3 rings (SSSR count). The van der Waals surface area contributed by atoms with E-state index in [0.29, 0.717) is 13.0 Å². The van der Waals surface area contributed by atoms with Crippen LogP contribution in [0.3, 0.4) is 0 Å². The van der Waals surface area contributed by atoms with Crippen molar-refractivity contribution in [2.45, 2.75) is 26.3 Å². The summed E-state index contributed by atoms with van der Waals surface area (Å²) in [5.41, 5.74) is 3.15. The maximum atomic E-state index is 13.2. The molecule has 0 aliphatic rings. The Morgan fingerprint density at radius 2 is 2.00 bits per heavy atom. The average molecular weight is 348 g/mol. The highest BCUT2D eigenvalue weighted by molar-refractivity contribution is 5.80. The van der Waals surface area contributed by atoms with Gasteiger partial charge in [-0.15, -0.1) is 0 Å². The summed E-state index contributed by atoms with van der Waals surface area (Å²) in [4.78, 5) is 23.8. The lowest BCUT2D eigenvalue weighted by molar-refractivity contribution is -0.132. The van der Waals surface area contributed by atoms with E-state index in [9.17, 15) is 4.79 Å². The Bertz CT molecular complexity index is 872. The van der Waals surface area contributed by atoms with E-state index < -0.39 is 0 Å². The largest absolute Gasteiger partial charge is 0.336 e. The van der Waals surface area contributed by atoms with E-state index in [1.54, 1.807) is 12.4 Å². The molecule has 0 radical (unpaired) electrons. The fourth-order valence-electron chi connectivity index (χ4n) is 3.22. The van der Waals surface area contributed by atoms with Crippen molar-refractivity contribution in [1.29, 1.82) is 0 Å². The van der Waals surface area contributed by atoms with Gasteiger partial charge in [0, 0.05) is 43.9 Å². The van der Waals surface area contributed by atoms with Crippen LogP contribution in [0, 0.1) is 6.92 Å². The predicted molar refractivity (Wildman–Crippen MR) is 102 cm³/mol. The van der Waals surface area contributed by atoms with Crippen molar-refractivity contribution < 1.29 is 4.79 Å². The molecule has 5 nitrogen and oxygen atoms in total. The first-order valence-electron chi connectivity index (χ1n) is 8.83. The lowest BCUT2D eigenvalue weighted by Crippen LogP contribution is -2.37. The van der Waals surface area contributed by atoms with E-state index >= 15 is 0 Å². The van der Waals surface area contributed by atoms with Gasteiger partial charge in [0.25, 0.3) is 0 Å². The first-order valence-corrected chi connectivity index (χ1v) is 8.83. The lowest BCUT2D eigenvalue weighted by Gasteiger charge is -2.31. The molecule has 134 valence electrons. The van der Waals surface area contributed by atoms with Gasteiger partial charge >= 0.3 is 0 Å². The van der Waals surface area contributed by atoms with Crippen molar-refractivity contribution in [3.05, 3.63) is 83.7 Å². The standard InChI is InChI=1S/C21H24N4O/c1-4-25(19(26)14-17-9-6-5-8-16(17)2)20(18-10-7-11-22-15-18)21-23-12-13-24(21)3/h5-13,15,20H,4,14H2,1-3H3/t20-/m0/s1. The third kappa shape index (κ3) is 3.67. The number of hydrogen-bond donors (Lipinski definition) is 0. The summed E-state index contributed by atoms with van der Waals surface area (Å²) in [7, 11) is 1.95. The summed E-state index contributed by atoms with van der Waals surface area (Å²) in [6, 6.07) is 11.7. The molecule has 2 aromatic heterocycles. The number of carbonyl (C=O) groups is 1. The highest BCUT2D eigenvalue weighted by atomic mass is 16.2. The number of aryl methyl sites for hydroxylation is 2. The topological polar surface area (TPSA) is 51.0 Å². The number of aromatic nitrogens is 3. The van der Waals surface area contributed by atoms with Crippen molar-refractivity contribution in [3.8, 4) is 0 Å². The molecule has 0 unspecified atom stereocenters. The minimum absolute atomic E-state index is 0.0821. The molecule has 5 heteroatoms. The molecule has 0 spiro atoms. The van der Waals surface area contributed by atoms with Gasteiger partial charge < -0.3 is 9.47 Å². The molecule has 0 saturated carbocycles. The Balaban J connectivity index is 1.97. The Morgan fingerprint density at radius 3 is 2.62 bits per heavy atom. The maximum Gasteiger partial charge on any atom is 0.227 e. The predicted octanol–water partition coefficient (Wildman–Crippen LogP) is 3.30. The third-order valence-electron chi connectivity index (χ3n) is 4.68. The monoisotopic (exact) mass is 348 g/mol. The second-order valence-corrected chi connectivity index (χ2v) is 6.37. The molecule has 2 heterocycles. The van der Waals surface area contributed by atoms with E-state index in [-0.39, 0.29) is 11.9 Å². The molecule has 0 saturated heterocycles. The van der Waals surface area contributed by atoms with Crippen LogP contribution < -0.4 is 0 Å². The number of pyridine rings is 1. The van der Waals surface area contributed by atoms with Gasteiger partial charge in [-0.05, 0) is 31.0 Å². The number of carbonyl (C=O) groups excluding carboxylic acids is 1. The zero-order chi connectivity index (χ0) is 18.5. The Kier molecular flexibility index (Phi) is 5.46. The molecule has 1 amide bonds. The molecule has 26 heavy (non-hydrogen) atoms. The molecule has 0 bridgehead atoms. The van der Waals surface area contributed by atoms with Crippen molar-refractivity contribution in [3.63, 3.8) is 0 Å². The van der Waals surface area contributed by atoms with Crippen molar-refractivity contribution in [1.82, 2.24) is 19.4 Å². The molecule has 0 N–H and O–H groups in total. The van der Waals surface area contributed by atoms with Crippen LogP contribution in [0.25, 0.3) is 0 Å². The molecule has 0 aliphatic carbocycles. The highest BCUT2D eigenvalue weighted by Crippen LogP contribution is 2.27. The van der Waals surface area contributed by atoms with Crippen LogP contribution in [0.15, 0.2) is 61.2 Å². The summed E-state index contributed by atoms with van der Waals surface area (Å²) in [6.45, 7) is 4.63. The van der Waals surface area contributed by atoms with Crippen LogP contribution in [-0.2, 0) is 18.3 Å². The number of imidazole rings is 1. The molecule has 1 aromatic carbocycles. The number of benzene rings is 1. The maximum absolute atomic E-state index is 13.2. The van der Waals surface area contributed by atoms with Gasteiger partial charge in [-0.25, -0.2) is 4.98 Å². The van der Waals surface area contributed by atoms with Crippen LogP contribution in [-0.4, -0.2) is 31.9 Å².